The van der Waals surface area contributed by atoms with Crippen LogP contribution in [0.25, 0.3) is 22.4 Å². The summed E-state index contributed by atoms with van der Waals surface area (Å²) < 4.78 is 32.8. The van der Waals surface area contributed by atoms with Gasteiger partial charge in [-0.1, -0.05) is 24.3 Å². The molecule has 0 aliphatic heterocycles. The van der Waals surface area contributed by atoms with Crippen LogP contribution < -0.4 is 9.46 Å². The number of para-hydroxylation sites is 2. The summed E-state index contributed by atoms with van der Waals surface area (Å²) in [5.74, 6) is 1.43. The van der Waals surface area contributed by atoms with Crippen molar-refractivity contribution < 1.29 is 13.2 Å². The van der Waals surface area contributed by atoms with Gasteiger partial charge in [0.25, 0.3) is 0 Å². The van der Waals surface area contributed by atoms with Crippen LogP contribution in [-0.4, -0.2) is 25.5 Å². The highest BCUT2D eigenvalue weighted by atomic mass is 32.2. The van der Waals surface area contributed by atoms with Gasteiger partial charge in [0.15, 0.2) is 0 Å². The lowest BCUT2D eigenvalue weighted by molar-refractivity contribution is 0.414. The lowest BCUT2D eigenvalue weighted by Crippen LogP contribution is -2.23. The van der Waals surface area contributed by atoms with Crippen molar-refractivity contribution in [3.63, 3.8) is 0 Å². The first-order chi connectivity index (χ1) is 13.5. The number of rotatable bonds is 6. The lowest BCUT2D eigenvalue weighted by Gasteiger charge is -2.08. The third kappa shape index (κ3) is 3.76. The van der Waals surface area contributed by atoms with Gasteiger partial charge >= 0.3 is 0 Å². The van der Waals surface area contributed by atoms with Crippen molar-refractivity contribution in [2.24, 2.45) is 0 Å². The van der Waals surface area contributed by atoms with Gasteiger partial charge < -0.3 is 9.72 Å². The zero-order valence-electron chi connectivity index (χ0n) is 15.2. The van der Waals surface area contributed by atoms with Crippen LogP contribution in [0.4, 0.5) is 0 Å². The minimum absolute atomic E-state index is 0.206. The number of hydrogen-bond donors (Lipinski definition) is 2. The highest BCUT2D eigenvalue weighted by Crippen LogP contribution is 2.22. The average molecular weight is 393 g/mol. The van der Waals surface area contributed by atoms with Gasteiger partial charge in [-0.3, -0.25) is 0 Å². The molecule has 6 nitrogen and oxygen atoms in total. The molecule has 1 heterocycles. The smallest absolute Gasteiger partial charge is 0.240 e. The standard InChI is InChI=1S/C21H19N3O3S/c1-27-17-10-6-15(7-11-17)14-22-28(25,26)18-12-8-16(9-13-18)21-23-19-4-2-3-5-20(19)24-21/h2-13,22H,14H2,1H3,(H,23,24). The van der Waals surface area contributed by atoms with Crippen LogP contribution in [0.3, 0.4) is 0 Å². The summed E-state index contributed by atoms with van der Waals surface area (Å²) in [6.07, 6.45) is 0. The molecule has 2 N–H and O–H groups in total. The first-order valence-corrected chi connectivity index (χ1v) is 10.2. The molecule has 0 atom stereocenters. The van der Waals surface area contributed by atoms with Crippen LogP contribution in [0.1, 0.15) is 5.56 Å². The lowest BCUT2D eigenvalue weighted by atomic mass is 10.2. The summed E-state index contributed by atoms with van der Waals surface area (Å²) in [6, 6.07) is 21.7. The molecule has 0 aliphatic rings. The van der Waals surface area contributed by atoms with Gasteiger partial charge in [-0.15, -0.1) is 0 Å². The van der Waals surface area contributed by atoms with Gasteiger partial charge in [-0.25, -0.2) is 18.1 Å². The molecule has 3 aromatic carbocycles. The van der Waals surface area contributed by atoms with Crippen LogP contribution in [0.2, 0.25) is 0 Å². The number of fused-ring (bicyclic) bond motifs is 1. The second-order valence-electron chi connectivity index (χ2n) is 6.30. The number of imidazole rings is 1. The summed E-state index contributed by atoms with van der Waals surface area (Å²) in [6.45, 7) is 0.206. The minimum atomic E-state index is -3.61. The number of methoxy groups -OCH3 is 1. The van der Waals surface area contributed by atoms with Crippen LogP contribution >= 0.6 is 0 Å². The van der Waals surface area contributed by atoms with Gasteiger partial charge in [0, 0.05) is 12.1 Å². The van der Waals surface area contributed by atoms with Gasteiger partial charge in [0.05, 0.1) is 23.0 Å². The third-order valence-electron chi connectivity index (χ3n) is 4.45. The number of nitrogens with zero attached hydrogens (tertiary/aromatic N) is 1. The SMILES string of the molecule is COc1ccc(CNS(=O)(=O)c2ccc(-c3nc4ccccc4[nH]3)cc2)cc1. The summed E-state index contributed by atoms with van der Waals surface area (Å²) in [4.78, 5) is 7.98. The molecule has 0 radical (unpaired) electrons. The number of benzene rings is 3. The quantitative estimate of drug-likeness (QED) is 0.523. The van der Waals surface area contributed by atoms with Crippen molar-refractivity contribution >= 4 is 21.1 Å². The van der Waals surface area contributed by atoms with E-state index in [0.717, 1.165) is 27.9 Å². The van der Waals surface area contributed by atoms with Gasteiger partial charge in [-0.2, -0.15) is 0 Å². The molecule has 1 aromatic heterocycles. The number of hydrogen-bond acceptors (Lipinski definition) is 4. The molecule has 0 saturated heterocycles. The number of H-pyrrole nitrogens is 1. The second kappa shape index (κ2) is 7.46. The summed E-state index contributed by atoms with van der Waals surface area (Å²) >= 11 is 0. The molecule has 0 fully saturated rings. The molecule has 4 rings (SSSR count). The Labute approximate surface area is 163 Å². The maximum Gasteiger partial charge on any atom is 0.240 e. The van der Waals surface area contributed by atoms with Crippen molar-refractivity contribution in [1.29, 1.82) is 0 Å². The topological polar surface area (TPSA) is 84.1 Å². The van der Waals surface area contributed by atoms with E-state index >= 15 is 0 Å². The number of sulfonamides is 1. The van der Waals surface area contributed by atoms with E-state index in [0.29, 0.717) is 5.82 Å². The summed E-state index contributed by atoms with van der Waals surface area (Å²) in [5, 5.41) is 0. The van der Waals surface area contributed by atoms with Crippen molar-refractivity contribution in [3.05, 3.63) is 78.4 Å². The van der Waals surface area contributed by atoms with E-state index < -0.39 is 10.0 Å². The van der Waals surface area contributed by atoms with E-state index in [1.807, 2.05) is 36.4 Å². The van der Waals surface area contributed by atoms with Crippen LogP contribution in [0, 0.1) is 0 Å². The normalized spacial score (nSPS) is 11.6. The monoisotopic (exact) mass is 393 g/mol. The third-order valence-corrected chi connectivity index (χ3v) is 5.87. The van der Waals surface area contributed by atoms with Crippen LogP contribution in [0.15, 0.2) is 77.7 Å². The largest absolute Gasteiger partial charge is 0.497 e. The van der Waals surface area contributed by atoms with E-state index in [9.17, 15) is 8.42 Å². The average Bonchev–Trinajstić information content (AvgIpc) is 3.17. The fourth-order valence-electron chi connectivity index (χ4n) is 2.89. The summed E-state index contributed by atoms with van der Waals surface area (Å²) in [5.41, 5.74) is 3.49. The molecule has 4 aromatic rings. The number of ether oxygens (including phenoxy) is 1. The maximum atomic E-state index is 12.6. The Morgan fingerprint density at radius 3 is 2.36 bits per heavy atom. The van der Waals surface area contributed by atoms with Gasteiger partial charge in [0.2, 0.25) is 10.0 Å². The fraction of sp³-hybridized carbons (Fsp3) is 0.0952. The molecule has 0 aliphatic carbocycles. The number of nitrogens with one attached hydrogen (secondary N) is 2. The Morgan fingerprint density at radius 2 is 1.68 bits per heavy atom. The predicted molar refractivity (Wildman–Crippen MR) is 109 cm³/mol. The van der Waals surface area contributed by atoms with E-state index in [4.69, 9.17) is 4.74 Å². The molecule has 0 amide bonds. The summed E-state index contributed by atoms with van der Waals surface area (Å²) in [7, 11) is -2.02. The Balaban J connectivity index is 1.50. The Hall–Kier alpha value is -3.16. The molecule has 0 bridgehead atoms. The van der Waals surface area contributed by atoms with E-state index in [1.165, 1.54) is 0 Å². The van der Waals surface area contributed by atoms with Crippen molar-refractivity contribution in [1.82, 2.24) is 14.7 Å². The fourth-order valence-corrected chi connectivity index (χ4v) is 3.90. The molecule has 0 saturated carbocycles. The zero-order valence-corrected chi connectivity index (χ0v) is 16.0. The molecule has 0 unspecified atom stereocenters. The predicted octanol–water partition coefficient (Wildman–Crippen LogP) is 3.72. The molecular weight excluding hydrogens is 374 g/mol. The molecule has 142 valence electrons. The van der Waals surface area contributed by atoms with Crippen molar-refractivity contribution in [3.8, 4) is 17.1 Å². The highest BCUT2D eigenvalue weighted by molar-refractivity contribution is 7.89. The van der Waals surface area contributed by atoms with E-state index in [2.05, 4.69) is 14.7 Å². The first kappa shape index (κ1) is 18.2. The number of aromatic nitrogens is 2. The Bertz CT molecular complexity index is 1160. The number of aromatic amines is 1. The second-order valence-corrected chi connectivity index (χ2v) is 8.07. The van der Waals surface area contributed by atoms with Crippen molar-refractivity contribution in [2.75, 3.05) is 7.11 Å². The van der Waals surface area contributed by atoms with Gasteiger partial charge in [-0.05, 0) is 54.1 Å². The van der Waals surface area contributed by atoms with E-state index in [1.54, 1.807) is 43.5 Å². The van der Waals surface area contributed by atoms with Gasteiger partial charge in [0.1, 0.15) is 11.6 Å². The molecular formula is C21H19N3O3S. The molecule has 0 spiro atoms. The highest BCUT2D eigenvalue weighted by Gasteiger charge is 2.14. The van der Waals surface area contributed by atoms with Crippen LogP contribution in [0.5, 0.6) is 5.75 Å². The first-order valence-electron chi connectivity index (χ1n) is 8.73. The molecule has 7 heteroatoms. The minimum Gasteiger partial charge on any atom is -0.497 e. The van der Waals surface area contributed by atoms with Crippen LogP contribution in [-0.2, 0) is 16.6 Å². The Morgan fingerprint density at radius 1 is 0.964 bits per heavy atom. The maximum absolute atomic E-state index is 12.6. The zero-order chi connectivity index (χ0) is 19.6. The Kier molecular flexibility index (Phi) is 4.85. The van der Waals surface area contributed by atoms with E-state index in [-0.39, 0.29) is 11.4 Å². The van der Waals surface area contributed by atoms with Crippen molar-refractivity contribution in [2.45, 2.75) is 11.4 Å². The molecule has 28 heavy (non-hydrogen) atoms.